The third-order valence-electron chi connectivity index (χ3n) is 7.37. The normalized spacial score (nSPS) is 19.5. The van der Waals surface area contributed by atoms with E-state index in [1.165, 1.54) is 22.3 Å². The molecule has 0 bridgehead atoms. The standard InChI is InChI=1S/C27H34N4O2/c32-26(30-14-10-22-6-1-3-8-24(22)18-30)20-28-12-5-13-29(17-16-28)21-27(33)31-15-11-23-7-2-4-9-25(23)19-31/h1-4,6-9H,5,10-21H2. The van der Waals surface area contributed by atoms with Gasteiger partial charge in [0.1, 0.15) is 0 Å². The van der Waals surface area contributed by atoms with E-state index in [0.717, 1.165) is 71.6 Å². The molecule has 0 atom stereocenters. The minimum Gasteiger partial charge on any atom is -0.337 e. The fraction of sp³-hybridized carbons (Fsp3) is 0.481. The molecule has 174 valence electrons. The van der Waals surface area contributed by atoms with Gasteiger partial charge in [-0.1, -0.05) is 48.5 Å². The molecule has 2 aromatic carbocycles. The number of carbonyl (C=O) groups excluding carboxylic acids is 2. The summed E-state index contributed by atoms with van der Waals surface area (Å²) < 4.78 is 0. The van der Waals surface area contributed by atoms with E-state index in [1.54, 1.807) is 0 Å². The predicted octanol–water partition coefficient (Wildman–Crippen LogP) is 2.16. The van der Waals surface area contributed by atoms with Gasteiger partial charge in [-0.15, -0.1) is 0 Å². The second-order valence-corrected chi connectivity index (χ2v) is 9.57. The molecule has 3 heterocycles. The summed E-state index contributed by atoms with van der Waals surface area (Å²) in [5.74, 6) is 0.446. The monoisotopic (exact) mass is 446 g/mol. The van der Waals surface area contributed by atoms with Crippen LogP contribution in [0.1, 0.15) is 28.7 Å². The zero-order valence-corrected chi connectivity index (χ0v) is 19.4. The summed E-state index contributed by atoms with van der Waals surface area (Å²) in [6, 6.07) is 16.9. The first kappa shape index (κ1) is 22.1. The van der Waals surface area contributed by atoms with Gasteiger partial charge in [0.15, 0.2) is 0 Å². The largest absolute Gasteiger partial charge is 0.337 e. The molecule has 3 aliphatic rings. The van der Waals surface area contributed by atoms with Crippen LogP contribution in [0.5, 0.6) is 0 Å². The lowest BCUT2D eigenvalue weighted by atomic mass is 10.00. The lowest BCUT2D eigenvalue weighted by molar-refractivity contribution is -0.134. The van der Waals surface area contributed by atoms with E-state index < -0.39 is 0 Å². The van der Waals surface area contributed by atoms with Crippen molar-refractivity contribution in [2.75, 3.05) is 52.4 Å². The number of hydrogen-bond donors (Lipinski definition) is 0. The SMILES string of the molecule is O=C(CN1CCCN(CC(=O)N2CCc3ccccc3C2)CC1)N1CCc2ccccc2C1. The molecule has 2 aromatic rings. The fourth-order valence-corrected chi connectivity index (χ4v) is 5.34. The fourth-order valence-electron chi connectivity index (χ4n) is 5.34. The lowest BCUT2D eigenvalue weighted by Crippen LogP contribution is -2.45. The van der Waals surface area contributed by atoms with Crippen molar-refractivity contribution in [3.8, 4) is 0 Å². The molecule has 5 rings (SSSR count). The van der Waals surface area contributed by atoms with E-state index in [9.17, 15) is 9.59 Å². The number of carbonyl (C=O) groups is 2. The molecular weight excluding hydrogens is 412 g/mol. The van der Waals surface area contributed by atoms with Crippen LogP contribution >= 0.6 is 0 Å². The minimum atomic E-state index is 0.223. The van der Waals surface area contributed by atoms with Crippen LogP contribution in [0.15, 0.2) is 48.5 Å². The average molecular weight is 447 g/mol. The topological polar surface area (TPSA) is 47.1 Å². The van der Waals surface area contributed by atoms with Crippen molar-refractivity contribution >= 4 is 11.8 Å². The molecule has 1 saturated heterocycles. The van der Waals surface area contributed by atoms with E-state index in [1.807, 2.05) is 9.80 Å². The molecule has 2 amide bonds. The third-order valence-corrected chi connectivity index (χ3v) is 7.37. The van der Waals surface area contributed by atoms with Crippen molar-refractivity contribution in [1.82, 2.24) is 19.6 Å². The first-order valence-corrected chi connectivity index (χ1v) is 12.3. The highest BCUT2D eigenvalue weighted by Gasteiger charge is 2.26. The maximum Gasteiger partial charge on any atom is 0.237 e. The number of amides is 2. The Balaban J connectivity index is 1.09. The van der Waals surface area contributed by atoms with Crippen molar-refractivity contribution < 1.29 is 9.59 Å². The summed E-state index contributed by atoms with van der Waals surface area (Å²) >= 11 is 0. The van der Waals surface area contributed by atoms with Gasteiger partial charge in [0, 0.05) is 39.3 Å². The molecule has 1 fully saturated rings. The van der Waals surface area contributed by atoms with Crippen LogP contribution < -0.4 is 0 Å². The van der Waals surface area contributed by atoms with Crippen molar-refractivity contribution in [1.29, 1.82) is 0 Å². The molecule has 33 heavy (non-hydrogen) atoms. The van der Waals surface area contributed by atoms with Crippen molar-refractivity contribution in [2.24, 2.45) is 0 Å². The summed E-state index contributed by atoms with van der Waals surface area (Å²) in [5, 5.41) is 0. The van der Waals surface area contributed by atoms with Crippen molar-refractivity contribution in [3.63, 3.8) is 0 Å². The van der Waals surface area contributed by atoms with Crippen molar-refractivity contribution in [3.05, 3.63) is 70.8 Å². The highest BCUT2D eigenvalue weighted by molar-refractivity contribution is 5.79. The number of rotatable bonds is 4. The third kappa shape index (κ3) is 5.28. The molecule has 0 aliphatic carbocycles. The Hall–Kier alpha value is -2.70. The van der Waals surface area contributed by atoms with Gasteiger partial charge in [-0.05, 0) is 54.6 Å². The Morgan fingerprint density at radius 2 is 1.00 bits per heavy atom. The minimum absolute atomic E-state index is 0.223. The number of hydrogen-bond acceptors (Lipinski definition) is 4. The molecule has 0 radical (unpaired) electrons. The summed E-state index contributed by atoms with van der Waals surface area (Å²) in [6.07, 6.45) is 2.88. The number of nitrogens with zero attached hydrogens (tertiary/aromatic N) is 4. The Labute approximate surface area is 196 Å². The quantitative estimate of drug-likeness (QED) is 0.722. The molecular formula is C27H34N4O2. The molecule has 0 saturated carbocycles. The first-order chi connectivity index (χ1) is 16.2. The first-order valence-electron chi connectivity index (χ1n) is 12.3. The van der Waals surface area contributed by atoms with Gasteiger partial charge in [-0.25, -0.2) is 0 Å². The van der Waals surface area contributed by atoms with E-state index in [-0.39, 0.29) is 11.8 Å². The second kappa shape index (κ2) is 10.1. The van der Waals surface area contributed by atoms with Crippen LogP contribution in [0.2, 0.25) is 0 Å². The van der Waals surface area contributed by atoms with Gasteiger partial charge < -0.3 is 9.80 Å². The summed E-state index contributed by atoms with van der Waals surface area (Å²) in [7, 11) is 0. The Kier molecular flexibility index (Phi) is 6.74. The van der Waals surface area contributed by atoms with Crippen LogP contribution in [0.4, 0.5) is 0 Å². The van der Waals surface area contributed by atoms with Crippen LogP contribution in [-0.4, -0.2) is 83.8 Å². The van der Waals surface area contributed by atoms with Gasteiger partial charge in [0.25, 0.3) is 0 Å². The van der Waals surface area contributed by atoms with E-state index in [2.05, 4.69) is 58.3 Å². The zero-order valence-electron chi connectivity index (χ0n) is 19.4. The average Bonchev–Trinajstić information content (AvgIpc) is 3.08. The molecule has 0 spiro atoms. The Morgan fingerprint density at radius 3 is 1.45 bits per heavy atom. The van der Waals surface area contributed by atoms with Gasteiger partial charge in [-0.2, -0.15) is 0 Å². The Morgan fingerprint density at radius 1 is 0.576 bits per heavy atom. The molecule has 3 aliphatic heterocycles. The maximum atomic E-state index is 13.0. The molecule has 6 nitrogen and oxygen atoms in total. The van der Waals surface area contributed by atoms with E-state index in [0.29, 0.717) is 13.1 Å². The van der Waals surface area contributed by atoms with Gasteiger partial charge >= 0.3 is 0 Å². The predicted molar refractivity (Wildman–Crippen MR) is 129 cm³/mol. The van der Waals surface area contributed by atoms with Crippen molar-refractivity contribution in [2.45, 2.75) is 32.4 Å². The maximum absolute atomic E-state index is 13.0. The molecule has 0 unspecified atom stereocenters. The number of fused-ring (bicyclic) bond motifs is 2. The van der Waals surface area contributed by atoms with Gasteiger partial charge in [0.05, 0.1) is 13.1 Å². The van der Waals surface area contributed by atoms with Crippen LogP contribution in [-0.2, 0) is 35.5 Å². The number of benzene rings is 2. The van der Waals surface area contributed by atoms with Gasteiger partial charge in [-0.3, -0.25) is 19.4 Å². The van der Waals surface area contributed by atoms with Crippen LogP contribution in [0.3, 0.4) is 0 Å². The summed E-state index contributed by atoms with van der Waals surface area (Å²) in [5.41, 5.74) is 5.29. The molecule has 0 N–H and O–H groups in total. The smallest absolute Gasteiger partial charge is 0.237 e. The van der Waals surface area contributed by atoms with Crippen LogP contribution in [0, 0.1) is 0 Å². The summed E-state index contributed by atoms with van der Waals surface area (Å²) in [6.45, 7) is 7.53. The van der Waals surface area contributed by atoms with Crippen LogP contribution in [0.25, 0.3) is 0 Å². The lowest BCUT2D eigenvalue weighted by Gasteiger charge is -2.31. The van der Waals surface area contributed by atoms with E-state index in [4.69, 9.17) is 0 Å². The van der Waals surface area contributed by atoms with E-state index >= 15 is 0 Å². The highest BCUT2D eigenvalue weighted by Crippen LogP contribution is 2.20. The molecule has 0 aromatic heterocycles. The molecule has 6 heteroatoms. The zero-order chi connectivity index (χ0) is 22.6. The van der Waals surface area contributed by atoms with Gasteiger partial charge in [0.2, 0.25) is 11.8 Å². The summed E-state index contributed by atoms with van der Waals surface area (Å²) in [4.78, 5) is 34.5. The highest BCUT2D eigenvalue weighted by atomic mass is 16.2. The second-order valence-electron chi connectivity index (χ2n) is 9.57. The Bertz CT molecular complexity index is 928.